The van der Waals surface area contributed by atoms with Gasteiger partial charge in [-0.05, 0) is 29.8 Å². The molecule has 0 bridgehead atoms. The first-order valence-electron chi connectivity index (χ1n) is 7.92. The zero-order chi connectivity index (χ0) is 19.7. The van der Waals surface area contributed by atoms with Crippen LogP contribution in [0.4, 0.5) is 4.39 Å². The molecule has 0 spiro atoms. The van der Waals surface area contributed by atoms with Crippen molar-refractivity contribution in [1.82, 2.24) is 4.90 Å². The van der Waals surface area contributed by atoms with Gasteiger partial charge in [0.2, 0.25) is 5.91 Å². The predicted octanol–water partition coefficient (Wildman–Crippen LogP) is 3.04. The van der Waals surface area contributed by atoms with Crippen LogP contribution in [0, 0.1) is 5.82 Å². The molecule has 0 saturated heterocycles. The Morgan fingerprint density at radius 3 is 2.56 bits per heavy atom. The molecule has 1 aliphatic heterocycles. The quantitative estimate of drug-likeness (QED) is 0.419. The van der Waals surface area contributed by atoms with Crippen molar-refractivity contribution in [3.8, 4) is 5.75 Å². The molecule has 1 heterocycles. The van der Waals surface area contributed by atoms with Crippen LogP contribution in [0.5, 0.6) is 5.75 Å². The Morgan fingerprint density at radius 2 is 1.93 bits per heavy atom. The molecule has 6 nitrogen and oxygen atoms in total. The molecule has 2 amide bonds. The van der Waals surface area contributed by atoms with Crippen LogP contribution in [0.3, 0.4) is 0 Å². The number of rotatable bonds is 4. The van der Waals surface area contributed by atoms with Gasteiger partial charge in [-0.3, -0.25) is 19.3 Å². The fourth-order valence-electron chi connectivity index (χ4n) is 2.95. The van der Waals surface area contributed by atoms with E-state index in [2.05, 4.69) is 15.9 Å². The smallest absolute Gasteiger partial charge is 0.322 e. The zero-order valence-corrected chi connectivity index (χ0v) is 16.1. The highest BCUT2D eigenvalue weighted by Gasteiger charge is 2.43. The maximum atomic E-state index is 14.2. The van der Waals surface area contributed by atoms with Crippen LogP contribution in [-0.2, 0) is 20.9 Å². The van der Waals surface area contributed by atoms with Gasteiger partial charge >= 0.3 is 5.97 Å². The molecule has 0 aromatic heterocycles. The maximum absolute atomic E-state index is 14.2. The summed E-state index contributed by atoms with van der Waals surface area (Å²) in [5.41, 5.74) is 0.530. The van der Waals surface area contributed by atoms with Gasteiger partial charge in [-0.15, -0.1) is 0 Å². The van der Waals surface area contributed by atoms with Crippen LogP contribution < -0.4 is 4.74 Å². The lowest BCUT2D eigenvalue weighted by Gasteiger charge is -2.31. The first kappa shape index (κ1) is 19.0. The molecule has 0 aliphatic carbocycles. The van der Waals surface area contributed by atoms with E-state index in [-0.39, 0.29) is 23.2 Å². The summed E-state index contributed by atoms with van der Waals surface area (Å²) in [7, 11) is 2.60. The van der Waals surface area contributed by atoms with Gasteiger partial charge in [0.1, 0.15) is 11.6 Å². The van der Waals surface area contributed by atoms with Crippen molar-refractivity contribution >= 4 is 33.7 Å². The van der Waals surface area contributed by atoms with E-state index in [4.69, 9.17) is 9.47 Å². The third-order valence-corrected chi connectivity index (χ3v) is 4.83. The molecular weight excluding hydrogens is 421 g/mol. The van der Waals surface area contributed by atoms with Crippen LogP contribution >= 0.6 is 15.9 Å². The highest BCUT2D eigenvalue weighted by Crippen LogP contribution is 2.34. The van der Waals surface area contributed by atoms with Crippen LogP contribution in [0.2, 0.25) is 0 Å². The second-order valence-corrected chi connectivity index (χ2v) is 6.79. The molecule has 0 saturated carbocycles. The molecular formula is C19H15BrFNO5. The lowest BCUT2D eigenvalue weighted by molar-refractivity contribution is -0.149. The molecule has 2 aromatic rings. The fraction of sp³-hybridized carbons (Fsp3) is 0.211. The monoisotopic (exact) mass is 435 g/mol. The average Bonchev–Trinajstić information content (AvgIpc) is 2.66. The Labute approximate surface area is 163 Å². The Balaban J connectivity index is 2.08. The largest absolute Gasteiger partial charge is 0.497 e. The molecule has 0 radical (unpaired) electrons. The lowest BCUT2D eigenvalue weighted by atomic mass is 9.88. The first-order valence-corrected chi connectivity index (χ1v) is 8.72. The average molecular weight is 436 g/mol. The number of nitrogens with zero attached hydrogens (tertiary/aromatic N) is 1. The minimum Gasteiger partial charge on any atom is -0.497 e. The van der Waals surface area contributed by atoms with E-state index < -0.39 is 29.5 Å². The number of amides is 2. The van der Waals surface area contributed by atoms with Crippen molar-refractivity contribution in [2.24, 2.45) is 0 Å². The molecule has 0 fully saturated rings. The Hall–Kier alpha value is -2.74. The molecule has 8 heteroatoms. The van der Waals surface area contributed by atoms with Crippen LogP contribution in [0.25, 0.3) is 0 Å². The SMILES string of the molecule is COC(=O)C1C(=O)N(Cc2ccc(Br)cc2F)C(=O)c2cc(OC)ccc21. The number of esters is 1. The van der Waals surface area contributed by atoms with Crippen LogP contribution in [-0.4, -0.2) is 36.9 Å². The summed E-state index contributed by atoms with van der Waals surface area (Å²) in [5, 5.41) is 0. The summed E-state index contributed by atoms with van der Waals surface area (Å²) >= 11 is 3.16. The number of carbonyl (C=O) groups is 3. The molecule has 3 rings (SSSR count). The molecule has 0 N–H and O–H groups in total. The van der Waals surface area contributed by atoms with Crippen molar-refractivity contribution in [3.63, 3.8) is 0 Å². The summed E-state index contributed by atoms with van der Waals surface area (Å²) in [6, 6.07) is 8.80. The lowest BCUT2D eigenvalue weighted by Crippen LogP contribution is -2.46. The number of hydrogen-bond acceptors (Lipinski definition) is 5. The van der Waals surface area contributed by atoms with Gasteiger partial charge in [-0.1, -0.05) is 28.1 Å². The van der Waals surface area contributed by atoms with Crippen LogP contribution in [0.1, 0.15) is 27.4 Å². The number of imide groups is 1. The van der Waals surface area contributed by atoms with Gasteiger partial charge in [0.15, 0.2) is 5.92 Å². The predicted molar refractivity (Wildman–Crippen MR) is 96.7 cm³/mol. The molecule has 1 unspecified atom stereocenters. The molecule has 2 aromatic carbocycles. The van der Waals surface area contributed by atoms with Gasteiger partial charge in [0, 0.05) is 15.6 Å². The minimum atomic E-state index is -1.30. The minimum absolute atomic E-state index is 0.141. The molecule has 27 heavy (non-hydrogen) atoms. The standard InChI is InChI=1S/C19H15BrFNO5/c1-26-12-5-6-13-14(8-12)17(23)22(18(24)16(13)19(25)27-2)9-10-3-4-11(20)7-15(10)21/h3-8,16H,9H2,1-2H3. The second kappa shape index (κ2) is 7.48. The van der Waals surface area contributed by atoms with Crippen molar-refractivity contribution in [3.05, 3.63) is 63.4 Å². The van der Waals surface area contributed by atoms with E-state index >= 15 is 0 Å². The van der Waals surface area contributed by atoms with E-state index in [1.807, 2.05) is 0 Å². The molecule has 1 atom stereocenters. The van der Waals surface area contributed by atoms with E-state index in [0.717, 1.165) is 12.0 Å². The number of halogens is 2. The summed E-state index contributed by atoms with van der Waals surface area (Å²) in [6.07, 6.45) is 0. The van der Waals surface area contributed by atoms with Crippen LogP contribution in [0.15, 0.2) is 40.9 Å². The van der Waals surface area contributed by atoms with Crippen molar-refractivity contribution in [2.75, 3.05) is 14.2 Å². The molecule has 140 valence electrons. The van der Waals surface area contributed by atoms with E-state index in [1.165, 1.54) is 31.4 Å². The number of ether oxygens (including phenoxy) is 2. The number of benzene rings is 2. The Morgan fingerprint density at radius 1 is 1.19 bits per heavy atom. The Kier molecular flexibility index (Phi) is 5.27. The number of fused-ring (bicyclic) bond motifs is 1. The highest BCUT2D eigenvalue weighted by atomic mass is 79.9. The number of methoxy groups -OCH3 is 2. The fourth-order valence-corrected chi connectivity index (χ4v) is 3.28. The normalized spacial score (nSPS) is 16.1. The van der Waals surface area contributed by atoms with Crippen molar-refractivity contribution in [1.29, 1.82) is 0 Å². The summed E-state index contributed by atoms with van der Waals surface area (Å²) in [5.74, 6) is -3.65. The summed E-state index contributed by atoms with van der Waals surface area (Å²) < 4.78 is 24.6. The first-order chi connectivity index (χ1) is 12.9. The van der Waals surface area contributed by atoms with Gasteiger partial charge in [0.05, 0.1) is 20.8 Å². The van der Waals surface area contributed by atoms with E-state index in [0.29, 0.717) is 10.2 Å². The third-order valence-electron chi connectivity index (χ3n) is 4.34. The zero-order valence-electron chi connectivity index (χ0n) is 14.5. The third kappa shape index (κ3) is 3.44. The van der Waals surface area contributed by atoms with Crippen molar-refractivity contribution < 1.29 is 28.2 Å². The molecule has 1 aliphatic rings. The summed E-state index contributed by atoms with van der Waals surface area (Å²) in [6.45, 7) is -0.305. The van der Waals surface area contributed by atoms with Gasteiger partial charge in [-0.25, -0.2) is 4.39 Å². The Bertz CT molecular complexity index is 946. The summed E-state index contributed by atoms with van der Waals surface area (Å²) in [4.78, 5) is 38.9. The van der Waals surface area contributed by atoms with Gasteiger partial charge in [-0.2, -0.15) is 0 Å². The van der Waals surface area contributed by atoms with Crippen molar-refractivity contribution in [2.45, 2.75) is 12.5 Å². The van der Waals surface area contributed by atoms with E-state index in [9.17, 15) is 18.8 Å². The number of carbonyl (C=O) groups excluding carboxylic acids is 3. The van der Waals surface area contributed by atoms with Gasteiger partial charge < -0.3 is 9.47 Å². The highest BCUT2D eigenvalue weighted by molar-refractivity contribution is 9.10. The topological polar surface area (TPSA) is 72.9 Å². The maximum Gasteiger partial charge on any atom is 0.322 e. The van der Waals surface area contributed by atoms with Gasteiger partial charge in [0.25, 0.3) is 5.91 Å². The number of hydrogen-bond donors (Lipinski definition) is 0. The van der Waals surface area contributed by atoms with E-state index in [1.54, 1.807) is 12.1 Å². The second-order valence-electron chi connectivity index (χ2n) is 5.87.